The van der Waals surface area contributed by atoms with E-state index in [-0.39, 0.29) is 17.3 Å². The second-order valence-corrected chi connectivity index (χ2v) is 6.78. The molecule has 0 N–H and O–H groups in total. The molecule has 1 amide bonds. The molecule has 3 rings (SSSR count). The van der Waals surface area contributed by atoms with Gasteiger partial charge in [-0.25, -0.2) is 0 Å². The summed E-state index contributed by atoms with van der Waals surface area (Å²) in [5.74, 6) is -0.0638. The number of amides is 1. The first-order valence-electron chi connectivity index (χ1n) is 8.56. The van der Waals surface area contributed by atoms with Gasteiger partial charge in [-0.2, -0.15) is 0 Å². The molecule has 27 heavy (non-hydrogen) atoms. The van der Waals surface area contributed by atoms with E-state index in [2.05, 4.69) is 4.90 Å². The van der Waals surface area contributed by atoms with Crippen LogP contribution in [0.2, 0.25) is 5.02 Å². The Morgan fingerprint density at radius 3 is 2.56 bits per heavy atom. The van der Waals surface area contributed by atoms with Gasteiger partial charge in [0.2, 0.25) is 0 Å². The number of piperazine rings is 1. The number of nitro groups is 1. The first kappa shape index (κ1) is 19.1. The van der Waals surface area contributed by atoms with Gasteiger partial charge in [-0.1, -0.05) is 23.7 Å². The van der Waals surface area contributed by atoms with Crippen LogP contribution in [-0.2, 0) is 6.54 Å². The molecular weight excluding hydrogens is 370 g/mol. The Hall–Kier alpha value is -2.64. The van der Waals surface area contributed by atoms with Gasteiger partial charge in [0.05, 0.1) is 12.0 Å². The van der Waals surface area contributed by atoms with Crippen LogP contribution in [0.1, 0.15) is 15.9 Å². The summed E-state index contributed by atoms with van der Waals surface area (Å²) in [6, 6.07) is 12.0. The molecule has 0 unspecified atom stereocenters. The van der Waals surface area contributed by atoms with E-state index in [0.29, 0.717) is 23.7 Å². The van der Waals surface area contributed by atoms with E-state index in [0.717, 1.165) is 25.2 Å². The predicted octanol–water partition coefficient (Wildman–Crippen LogP) is 3.21. The zero-order valence-corrected chi connectivity index (χ0v) is 15.7. The van der Waals surface area contributed by atoms with Crippen LogP contribution >= 0.6 is 11.6 Å². The van der Waals surface area contributed by atoms with Crippen molar-refractivity contribution < 1.29 is 14.5 Å². The summed E-state index contributed by atoms with van der Waals surface area (Å²) >= 11 is 6.02. The van der Waals surface area contributed by atoms with Crippen LogP contribution in [0.5, 0.6) is 5.75 Å². The molecule has 0 atom stereocenters. The van der Waals surface area contributed by atoms with Crippen LogP contribution in [0.15, 0.2) is 42.5 Å². The maximum Gasteiger partial charge on any atom is 0.311 e. The number of hydrogen-bond donors (Lipinski definition) is 0. The standard InChI is InChI=1S/C19H20ClN3O4/c1-27-18-6-5-15(12-17(18)23(25)26)19(24)22-9-7-21(8-10-22)13-14-3-2-4-16(20)11-14/h2-6,11-12H,7-10,13H2,1H3. The Labute approximate surface area is 162 Å². The summed E-state index contributed by atoms with van der Waals surface area (Å²) in [5.41, 5.74) is 1.22. The van der Waals surface area contributed by atoms with Gasteiger partial charge >= 0.3 is 5.69 Å². The molecule has 1 aliphatic rings. The molecule has 1 aliphatic heterocycles. The third kappa shape index (κ3) is 4.56. The van der Waals surface area contributed by atoms with Crippen LogP contribution in [0.25, 0.3) is 0 Å². The summed E-state index contributed by atoms with van der Waals surface area (Å²) in [6.45, 7) is 3.38. The lowest BCUT2D eigenvalue weighted by molar-refractivity contribution is -0.385. The van der Waals surface area contributed by atoms with Crippen LogP contribution < -0.4 is 4.74 Å². The maximum atomic E-state index is 12.7. The highest BCUT2D eigenvalue weighted by molar-refractivity contribution is 6.30. The van der Waals surface area contributed by atoms with Gasteiger partial charge < -0.3 is 9.64 Å². The van der Waals surface area contributed by atoms with Crippen molar-refractivity contribution in [3.63, 3.8) is 0 Å². The number of halogens is 1. The first-order valence-corrected chi connectivity index (χ1v) is 8.94. The second-order valence-electron chi connectivity index (χ2n) is 6.34. The summed E-state index contributed by atoms with van der Waals surface area (Å²) in [6.07, 6.45) is 0. The number of benzene rings is 2. The monoisotopic (exact) mass is 389 g/mol. The van der Waals surface area contributed by atoms with E-state index in [1.165, 1.54) is 19.2 Å². The lowest BCUT2D eigenvalue weighted by Crippen LogP contribution is -2.48. The van der Waals surface area contributed by atoms with Crippen molar-refractivity contribution in [1.29, 1.82) is 0 Å². The molecule has 142 valence electrons. The molecule has 0 radical (unpaired) electrons. The van der Waals surface area contributed by atoms with Crippen LogP contribution in [0.3, 0.4) is 0 Å². The Kier molecular flexibility index (Phi) is 5.93. The van der Waals surface area contributed by atoms with E-state index < -0.39 is 4.92 Å². The summed E-state index contributed by atoms with van der Waals surface area (Å²) in [4.78, 5) is 27.3. The minimum Gasteiger partial charge on any atom is -0.490 e. The zero-order chi connectivity index (χ0) is 19.4. The molecule has 0 bridgehead atoms. The second kappa shape index (κ2) is 8.37. The quantitative estimate of drug-likeness (QED) is 0.579. The average Bonchev–Trinajstić information content (AvgIpc) is 2.67. The summed E-state index contributed by atoms with van der Waals surface area (Å²) in [7, 11) is 1.36. The van der Waals surface area contributed by atoms with Crippen molar-refractivity contribution >= 4 is 23.2 Å². The Bertz CT molecular complexity index is 851. The van der Waals surface area contributed by atoms with Crippen molar-refractivity contribution in [3.8, 4) is 5.75 Å². The zero-order valence-electron chi connectivity index (χ0n) is 14.9. The van der Waals surface area contributed by atoms with Gasteiger partial charge in [0.1, 0.15) is 0 Å². The maximum absolute atomic E-state index is 12.7. The molecule has 0 spiro atoms. The lowest BCUT2D eigenvalue weighted by Gasteiger charge is -2.34. The Balaban J connectivity index is 1.63. The van der Waals surface area contributed by atoms with E-state index >= 15 is 0 Å². The number of methoxy groups -OCH3 is 1. The number of ether oxygens (including phenoxy) is 1. The fourth-order valence-corrected chi connectivity index (χ4v) is 3.36. The van der Waals surface area contributed by atoms with Gasteiger partial charge in [0, 0.05) is 49.4 Å². The molecule has 2 aromatic carbocycles. The molecule has 0 aromatic heterocycles. The van der Waals surface area contributed by atoms with Crippen LogP contribution in [0.4, 0.5) is 5.69 Å². The van der Waals surface area contributed by atoms with E-state index in [4.69, 9.17) is 16.3 Å². The summed E-state index contributed by atoms with van der Waals surface area (Å²) in [5, 5.41) is 11.9. The third-order valence-electron chi connectivity index (χ3n) is 4.58. The van der Waals surface area contributed by atoms with Gasteiger partial charge in [-0.3, -0.25) is 19.8 Å². The van der Waals surface area contributed by atoms with Crippen molar-refractivity contribution in [2.45, 2.75) is 6.54 Å². The number of nitro benzene ring substituents is 1. The molecule has 8 heteroatoms. The van der Waals surface area contributed by atoms with Crippen LogP contribution in [-0.4, -0.2) is 53.9 Å². The molecule has 1 saturated heterocycles. The van der Waals surface area contributed by atoms with Gasteiger partial charge in [-0.15, -0.1) is 0 Å². The minimum atomic E-state index is -0.543. The molecule has 0 aliphatic carbocycles. The van der Waals surface area contributed by atoms with E-state index in [9.17, 15) is 14.9 Å². The van der Waals surface area contributed by atoms with Crippen LogP contribution in [0, 0.1) is 10.1 Å². The lowest BCUT2D eigenvalue weighted by atomic mass is 10.1. The molecule has 1 heterocycles. The normalized spacial score (nSPS) is 14.8. The Morgan fingerprint density at radius 2 is 1.93 bits per heavy atom. The third-order valence-corrected chi connectivity index (χ3v) is 4.81. The first-order chi connectivity index (χ1) is 13.0. The van der Waals surface area contributed by atoms with Gasteiger partial charge in [-0.05, 0) is 29.8 Å². The fourth-order valence-electron chi connectivity index (χ4n) is 3.15. The number of rotatable bonds is 5. The SMILES string of the molecule is COc1ccc(C(=O)N2CCN(Cc3cccc(Cl)c3)CC2)cc1[N+](=O)[O-]. The van der Waals surface area contributed by atoms with Crippen molar-refractivity contribution in [1.82, 2.24) is 9.80 Å². The highest BCUT2D eigenvalue weighted by atomic mass is 35.5. The number of nitrogens with zero attached hydrogens (tertiary/aromatic N) is 3. The highest BCUT2D eigenvalue weighted by Gasteiger charge is 2.25. The minimum absolute atomic E-state index is 0.142. The van der Waals surface area contributed by atoms with E-state index in [1.807, 2.05) is 24.3 Å². The number of carbonyl (C=O) groups is 1. The molecule has 2 aromatic rings. The average molecular weight is 390 g/mol. The van der Waals surface area contributed by atoms with Crippen molar-refractivity contribution in [2.24, 2.45) is 0 Å². The number of carbonyl (C=O) groups excluding carboxylic acids is 1. The number of hydrogen-bond acceptors (Lipinski definition) is 5. The highest BCUT2D eigenvalue weighted by Crippen LogP contribution is 2.28. The molecular formula is C19H20ClN3O4. The largest absolute Gasteiger partial charge is 0.490 e. The topological polar surface area (TPSA) is 75.9 Å². The molecule has 0 saturated carbocycles. The van der Waals surface area contributed by atoms with Crippen molar-refractivity contribution in [2.75, 3.05) is 33.3 Å². The van der Waals surface area contributed by atoms with Gasteiger partial charge in [0.25, 0.3) is 5.91 Å². The Morgan fingerprint density at radius 1 is 1.19 bits per heavy atom. The smallest absolute Gasteiger partial charge is 0.311 e. The molecule has 1 fully saturated rings. The fraction of sp³-hybridized carbons (Fsp3) is 0.316. The van der Waals surface area contributed by atoms with Crippen molar-refractivity contribution in [3.05, 3.63) is 68.7 Å². The van der Waals surface area contributed by atoms with Gasteiger partial charge in [0.15, 0.2) is 5.75 Å². The molecule has 7 nitrogen and oxygen atoms in total. The summed E-state index contributed by atoms with van der Waals surface area (Å²) < 4.78 is 4.98. The predicted molar refractivity (Wildman–Crippen MR) is 102 cm³/mol. The van der Waals surface area contributed by atoms with E-state index in [1.54, 1.807) is 11.0 Å².